The first-order valence-corrected chi connectivity index (χ1v) is 28.1. The molecule has 0 aromatic carbocycles. The van der Waals surface area contributed by atoms with Gasteiger partial charge in [-0.3, -0.25) is 4.79 Å². The van der Waals surface area contributed by atoms with E-state index in [0.717, 1.165) is 64.7 Å². The fourth-order valence-corrected chi connectivity index (χ4v) is 6.64. The summed E-state index contributed by atoms with van der Waals surface area (Å²) in [6.45, 7) is 53.0. The van der Waals surface area contributed by atoms with Crippen LogP contribution in [0.1, 0.15) is 218 Å². The Bertz CT molecular complexity index is 275. The second-order valence-electron chi connectivity index (χ2n) is 7.19. The van der Waals surface area contributed by atoms with Crippen LogP contribution in [0.5, 0.6) is 0 Å². The number of hydrogen-bond donors (Lipinski definition) is 0. The van der Waals surface area contributed by atoms with E-state index in [0.29, 0.717) is 12.6 Å². The van der Waals surface area contributed by atoms with Crippen LogP contribution in [0, 0.1) is 0 Å². The first-order chi connectivity index (χ1) is 27.4. The van der Waals surface area contributed by atoms with E-state index in [-0.39, 0.29) is 0 Å². The van der Waals surface area contributed by atoms with Crippen LogP contribution in [0.2, 0.25) is 0 Å². The molecule has 6 rings (SSSR count). The maximum Gasteiger partial charge on any atom is 0.146 e. The molecule has 6 aliphatic rings. The molecule has 0 aromatic heterocycles. The Morgan fingerprint density at radius 1 is 0.327 bits per heavy atom. The molecule has 0 spiro atoms. The molecule has 0 N–H and O–H groups in total. The molecule has 5 saturated heterocycles. The molecule has 5 aliphatic heterocycles. The van der Waals surface area contributed by atoms with Crippen molar-refractivity contribution >= 4 is 52.8 Å². The van der Waals surface area contributed by atoms with Gasteiger partial charge in [-0.25, -0.2) is 0 Å². The number of carbonyl (C=O) groups excluding carboxylic acids is 1. The van der Waals surface area contributed by atoms with Crippen LogP contribution in [-0.4, -0.2) is 85.4 Å². The van der Waals surface area contributed by atoms with Crippen LogP contribution in [0.15, 0.2) is 0 Å². The van der Waals surface area contributed by atoms with Crippen molar-refractivity contribution in [3.63, 3.8) is 0 Å². The second kappa shape index (κ2) is 147. The summed E-state index contributed by atoms with van der Waals surface area (Å²) in [7, 11) is 0. The van der Waals surface area contributed by atoms with E-state index in [9.17, 15) is 4.79 Å². The van der Waals surface area contributed by atoms with Gasteiger partial charge in [-0.15, -0.1) is 11.8 Å². The lowest BCUT2D eigenvalue weighted by Gasteiger charge is -1.76. The average Bonchev–Trinajstić information content (AvgIpc) is 4.19. The lowest BCUT2D eigenvalue weighted by atomic mass is 10.4. The number of ether oxygens (including phenoxy) is 4. The summed E-state index contributed by atoms with van der Waals surface area (Å²) >= 11 is 8.00. The lowest BCUT2D eigenvalue weighted by molar-refractivity contribution is -0.117. The van der Waals surface area contributed by atoms with E-state index in [1.165, 1.54) is 59.5 Å². The highest BCUT2D eigenvalue weighted by atomic mass is 32.2. The highest BCUT2D eigenvalue weighted by Crippen LogP contribution is 2.20. The van der Waals surface area contributed by atoms with Crippen molar-refractivity contribution in [1.29, 1.82) is 0 Å². The number of rotatable bonds is 0. The Morgan fingerprint density at radius 3 is 0.800 bits per heavy atom. The molecule has 0 aromatic rings. The summed E-state index contributed by atoms with van der Waals surface area (Å²) in [6.07, 6.45) is 9.45. The number of hydrogen-bond acceptors (Lipinski definition) is 9. The predicted molar refractivity (Wildman–Crippen MR) is 276 cm³/mol. The number of Topliss-reactive ketones (excluding diaryl/α,β-unsaturated/α-hetero) is 1. The van der Waals surface area contributed by atoms with Gasteiger partial charge in [0.2, 0.25) is 0 Å². The zero-order valence-electron chi connectivity index (χ0n) is 43.0. The number of thioether (sulfide) groups is 4. The molecule has 6 fully saturated rings. The normalized spacial score (nSPS) is 14.7. The van der Waals surface area contributed by atoms with Crippen LogP contribution < -0.4 is 0 Å². The minimum atomic E-state index is 0.454. The second-order valence-corrected chi connectivity index (χ2v) is 12.0. The van der Waals surface area contributed by atoms with Gasteiger partial charge in [0.15, 0.2) is 0 Å². The van der Waals surface area contributed by atoms with Crippen molar-refractivity contribution in [2.75, 3.05) is 79.6 Å². The van der Waals surface area contributed by atoms with Gasteiger partial charge >= 0.3 is 0 Å². The molecule has 9 heteroatoms. The van der Waals surface area contributed by atoms with Gasteiger partial charge in [-0.2, -0.15) is 35.3 Å². The zero-order valence-corrected chi connectivity index (χ0v) is 46.3. The molecule has 1 saturated carbocycles. The van der Waals surface area contributed by atoms with E-state index in [1.54, 1.807) is 0 Å². The monoisotopic (exact) mass is 875 g/mol. The SMILES string of the molecule is C1CCOC1.C1CCSC1.C1COCO1.C1CSCO1.C1CSCS1.CC.CC.CC.CC.CC.CC.CC.CC.CC.CC.CC.CC.O=C1CCCC1. The van der Waals surface area contributed by atoms with Crippen molar-refractivity contribution in [3.05, 3.63) is 0 Å². The minimum Gasteiger partial charge on any atom is -0.381 e. The van der Waals surface area contributed by atoms with E-state index < -0.39 is 0 Å². The maximum absolute atomic E-state index is 10.2. The molecular formula is C46H114O5S4. The van der Waals surface area contributed by atoms with Crippen LogP contribution >= 0.6 is 47.0 Å². The predicted octanol–water partition coefficient (Wildman–Crippen LogP) is 17.9. The Labute approximate surface area is 371 Å². The summed E-state index contributed by atoms with van der Waals surface area (Å²) in [5, 5.41) is 1.33. The molecule has 0 atom stereocenters. The highest BCUT2D eigenvalue weighted by molar-refractivity contribution is 8.19. The largest absolute Gasteiger partial charge is 0.381 e. The van der Waals surface area contributed by atoms with Crippen LogP contribution in [0.3, 0.4) is 0 Å². The molecule has 352 valence electrons. The molecule has 55 heavy (non-hydrogen) atoms. The first kappa shape index (κ1) is 87.4. The smallest absolute Gasteiger partial charge is 0.146 e. The van der Waals surface area contributed by atoms with E-state index in [2.05, 4.69) is 11.8 Å². The van der Waals surface area contributed by atoms with Crippen LogP contribution in [0.25, 0.3) is 0 Å². The highest BCUT2D eigenvalue weighted by Gasteiger charge is 2.07. The lowest BCUT2D eigenvalue weighted by Crippen LogP contribution is -1.81. The molecule has 0 amide bonds. The molecule has 1 aliphatic carbocycles. The van der Waals surface area contributed by atoms with E-state index >= 15 is 0 Å². The third-order valence-electron chi connectivity index (χ3n) is 4.43. The molecule has 0 radical (unpaired) electrons. The topological polar surface area (TPSA) is 54.0 Å². The van der Waals surface area contributed by atoms with Gasteiger partial charge in [0, 0.05) is 48.4 Å². The molecule has 0 unspecified atom stereocenters. The van der Waals surface area contributed by atoms with Crippen molar-refractivity contribution in [2.24, 2.45) is 0 Å². The fraction of sp³-hybridized carbons (Fsp3) is 0.978. The maximum atomic E-state index is 10.2. The summed E-state index contributed by atoms with van der Waals surface area (Å²) in [6, 6.07) is 0. The van der Waals surface area contributed by atoms with Gasteiger partial charge < -0.3 is 18.9 Å². The summed E-state index contributed by atoms with van der Waals surface area (Å²) in [4.78, 5) is 10.2. The van der Waals surface area contributed by atoms with Gasteiger partial charge in [0.25, 0.3) is 0 Å². The van der Waals surface area contributed by atoms with E-state index in [4.69, 9.17) is 18.9 Å². The quantitative estimate of drug-likeness (QED) is 0.237. The Hall–Kier alpha value is 0.910. The number of carbonyl (C=O) groups is 1. The summed E-state index contributed by atoms with van der Waals surface area (Å²) in [5.41, 5.74) is 0. The number of ketones is 1. The molecule has 0 bridgehead atoms. The van der Waals surface area contributed by atoms with Gasteiger partial charge in [0.1, 0.15) is 12.6 Å². The average molecular weight is 876 g/mol. The zero-order chi connectivity index (χ0) is 46.1. The summed E-state index contributed by atoms with van der Waals surface area (Å²) in [5.74, 6) is 8.16. The fourth-order valence-electron chi connectivity index (χ4n) is 2.67. The molecule has 5 nitrogen and oxygen atoms in total. The van der Waals surface area contributed by atoms with Crippen molar-refractivity contribution in [2.45, 2.75) is 218 Å². The van der Waals surface area contributed by atoms with Crippen molar-refractivity contribution < 1.29 is 23.7 Å². The first-order valence-electron chi connectivity index (χ1n) is 23.5. The van der Waals surface area contributed by atoms with Crippen LogP contribution in [0.4, 0.5) is 0 Å². The third-order valence-corrected chi connectivity index (χ3v) is 8.95. The van der Waals surface area contributed by atoms with E-state index in [1.807, 2.05) is 201 Å². The van der Waals surface area contributed by atoms with Crippen LogP contribution in [-0.2, 0) is 23.7 Å². The standard InChI is InChI=1S/C5H8O.C4H8O.C4H8S.C3H6O2.C3H6OS.C3H6S2.12C2H6/c6-5-3-1-2-4-5;2*1-2-4-5-3-1;3*1-2-5-3-4-1;12*1-2/h1-4H2;2*1-4H2;3*1-3H2;12*1-2H3. The Morgan fingerprint density at radius 2 is 0.691 bits per heavy atom. The van der Waals surface area contributed by atoms with Gasteiger partial charge in [0.05, 0.1) is 25.8 Å². The minimum absolute atomic E-state index is 0.454. The molecular weight excluding hydrogens is 761 g/mol. The van der Waals surface area contributed by atoms with Gasteiger partial charge in [-0.05, 0) is 50.0 Å². The Kier molecular flexibility index (Phi) is 234. The summed E-state index contributed by atoms with van der Waals surface area (Å²) < 4.78 is 19.3. The third kappa shape index (κ3) is 142. The molecule has 5 heterocycles. The van der Waals surface area contributed by atoms with Crippen molar-refractivity contribution in [1.82, 2.24) is 0 Å². The van der Waals surface area contributed by atoms with Crippen molar-refractivity contribution in [3.8, 4) is 0 Å². The van der Waals surface area contributed by atoms with Gasteiger partial charge in [-0.1, -0.05) is 166 Å². The Balaban J connectivity index is -0.0000000365.